The van der Waals surface area contributed by atoms with Crippen molar-refractivity contribution in [3.05, 3.63) is 35.9 Å². The molecule has 16 heavy (non-hydrogen) atoms. The van der Waals surface area contributed by atoms with Crippen LogP contribution in [0.4, 0.5) is 0 Å². The highest BCUT2D eigenvalue weighted by Crippen LogP contribution is 2.26. The SMILES string of the molecule is CCC1CCN(SCc2ccccc2)CC1. The predicted molar refractivity (Wildman–Crippen MR) is 72.3 cm³/mol. The van der Waals surface area contributed by atoms with Crippen LogP contribution in [0.25, 0.3) is 0 Å². The fourth-order valence-electron chi connectivity index (χ4n) is 2.19. The topological polar surface area (TPSA) is 3.24 Å². The molecule has 0 radical (unpaired) electrons. The van der Waals surface area contributed by atoms with Gasteiger partial charge in [0, 0.05) is 18.8 Å². The van der Waals surface area contributed by atoms with E-state index in [-0.39, 0.29) is 0 Å². The Kier molecular flexibility index (Phi) is 4.73. The van der Waals surface area contributed by atoms with Crippen molar-refractivity contribution < 1.29 is 0 Å². The Labute approximate surface area is 103 Å². The van der Waals surface area contributed by atoms with Crippen molar-refractivity contribution in [1.82, 2.24) is 4.31 Å². The van der Waals surface area contributed by atoms with E-state index in [0.717, 1.165) is 11.7 Å². The first-order chi connectivity index (χ1) is 7.88. The van der Waals surface area contributed by atoms with E-state index >= 15 is 0 Å². The number of hydrogen-bond acceptors (Lipinski definition) is 2. The van der Waals surface area contributed by atoms with Gasteiger partial charge >= 0.3 is 0 Å². The molecule has 2 rings (SSSR count). The van der Waals surface area contributed by atoms with Crippen LogP contribution in [0.2, 0.25) is 0 Å². The van der Waals surface area contributed by atoms with Crippen molar-refractivity contribution in [1.29, 1.82) is 0 Å². The summed E-state index contributed by atoms with van der Waals surface area (Å²) in [6.07, 6.45) is 4.13. The molecule has 0 aliphatic carbocycles. The first kappa shape index (κ1) is 12.0. The smallest absolute Gasteiger partial charge is 0.0332 e. The molecule has 1 heterocycles. The van der Waals surface area contributed by atoms with Gasteiger partial charge in [0.1, 0.15) is 0 Å². The second kappa shape index (κ2) is 6.31. The number of hydrogen-bond donors (Lipinski definition) is 0. The Bertz CT molecular complexity index is 291. The Balaban J connectivity index is 1.72. The molecule has 1 aromatic carbocycles. The number of nitrogens with zero attached hydrogens (tertiary/aromatic N) is 1. The molecule has 0 bridgehead atoms. The van der Waals surface area contributed by atoms with E-state index in [1.807, 2.05) is 11.9 Å². The van der Waals surface area contributed by atoms with E-state index in [2.05, 4.69) is 41.6 Å². The highest BCUT2D eigenvalue weighted by atomic mass is 32.2. The van der Waals surface area contributed by atoms with Crippen LogP contribution in [-0.2, 0) is 5.75 Å². The normalized spacial score (nSPS) is 18.8. The summed E-state index contributed by atoms with van der Waals surface area (Å²) in [5.41, 5.74) is 1.44. The van der Waals surface area contributed by atoms with E-state index in [1.54, 1.807) is 0 Å². The Morgan fingerprint density at radius 1 is 1.19 bits per heavy atom. The summed E-state index contributed by atoms with van der Waals surface area (Å²) in [5.74, 6) is 2.10. The van der Waals surface area contributed by atoms with Gasteiger partial charge in [0.15, 0.2) is 0 Å². The van der Waals surface area contributed by atoms with Crippen molar-refractivity contribution >= 4 is 11.9 Å². The zero-order valence-electron chi connectivity index (χ0n) is 10.1. The van der Waals surface area contributed by atoms with Crippen LogP contribution in [0.5, 0.6) is 0 Å². The van der Waals surface area contributed by atoms with Gasteiger partial charge in [-0.25, -0.2) is 0 Å². The Morgan fingerprint density at radius 3 is 2.50 bits per heavy atom. The molecule has 0 N–H and O–H groups in total. The minimum Gasteiger partial charge on any atom is -0.250 e. The minimum absolute atomic E-state index is 0.980. The van der Waals surface area contributed by atoms with Crippen LogP contribution in [0.15, 0.2) is 30.3 Å². The zero-order valence-corrected chi connectivity index (χ0v) is 10.9. The van der Waals surface area contributed by atoms with Crippen molar-refractivity contribution in [3.63, 3.8) is 0 Å². The molecule has 0 amide bonds. The van der Waals surface area contributed by atoms with Crippen molar-refractivity contribution in [2.24, 2.45) is 5.92 Å². The van der Waals surface area contributed by atoms with Crippen molar-refractivity contribution in [3.8, 4) is 0 Å². The lowest BCUT2D eigenvalue weighted by molar-refractivity contribution is 0.286. The fourth-order valence-corrected chi connectivity index (χ4v) is 3.18. The second-order valence-electron chi connectivity index (χ2n) is 4.54. The molecule has 1 aromatic rings. The van der Waals surface area contributed by atoms with Crippen molar-refractivity contribution in [2.45, 2.75) is 31.9 Å². The highest BCUT2D eigenvalue weighted by Gasteiger charge is 2.17. The largest absolute Gasteiger partial charge is 0.250 e. The minimum atomic E-state index is 0.980. The average Bonchev–Trinajstić information content (AvgIpc) is 2.38. The van der Waals surface area contributed by atoms with E-state index in [9.17, 15) is 0 Å². The summed E-state index contributed by atoms with van der Waals surface area (Å²) in [4.78, 5) is 0. The van der Waals surface area contributed by atoms with Crippen LogP contribution in [-0.4, -0.2) is 17.4 Å². The first-order valence-corrected chi connectivity index (χ1v) is 7.24. The Hall–Kier alpha value is -0.470. The monoisotopic (exact) mass is 235 g/mol. The second-order valence-corrected chi connectivity index (χ2v) is 5.60. The molecule has 1 aliphatic rings. The van der Waals surface area contributed by atoms with Gasteiger partial charge in [0.25, 0.3) is 0 Å². The predicted octanol–water partition coefficient (Wildman–Crippen LogP) is 3.96. The summed E-state index contributed by atoms with van der Waals surface area (Å²) in [6, 6.07) is 10.8. The van der Waals surface area contributed by atoms with Gasteiger partial charge in [-0.2, -0.15) is 0 Å². The maximum atomic E-state index is 2.54. The molecule has 2 heteroatoms. The number of rotatable bonds is 4. The molecule has 0 atom stereocenters. The zero-order chi connectivity index (χ0) is 11.2. The molecule has 1 aliphatic heterocycles. The first-order valence-electron chi connectivity index (χ1n) is 6.30. The van der Waals surface area contributed by atoms with Crippen LogP contribution in [0.1, 0.15) is 31.7 Å². The Morgan fingerprint density at radius 2 is 1.88 bits per heavy atom. The molecule has 0 aromatic heterocycles. The molecule has 0 saturated carbocycles. The van der Waals surface area contributed by atoms with E-state index in [1.165, 1.54) is 37.9 Å². The lowest BCUT2D eigenvalue weighted by Gasteiger charge is -2.30. The molecule has 1 saturated heterocycles. The van der Waals surface area contributed by atoms with E-state index < -0.39 is 0 Å². The third kappa shape index (κ3) is 3.53. The van der Waals surface area contributed by atoms with E-state index in [4.69, 9.17) is 0 Å². The van der Waals surface area contributed by atoms with Crippen molar-refractivity contribution in [2.75, 3.05) is 13.1 Å². The molecule has 1 nitrogen and oxygen atoms in total. The van der Waals surface area contributed by atoms with Gasteiger partial charge in [0.2, 0.25) is 0 Å². The van der Waals surface area contributed by atoms with Gasteiger partial charge in [-0.3, -0.25) is 4.31 Å². The lowest BCUT2D eigenvalue weighted by atomic mass is 9.96. The molecule has 88 valence electrons. The quantitative estimate of drug-likeness (QED) is 0.727. The van der Waals surface area contributed by atoms with Crippen LogP contribution in [0, 0.1) is 5.92 Å². The molecule has 0 unspecified atom stereocenters. The highest BCUT2D eigenvalue weighted by molar-refractivity contribution is 7.96. The third-order valence-electron chi connectivity index (χ3n) is 3.41. The summed E-state index contributed by atoms with van der Waals surface area (Å²) in [6.45, 7) is 4.86. The summed E-state index contributed by atoms with van der Waals surface area (Å²) < 4.78 is 2.54. The molecule has 0 spiro atoms. The van der Waals surface area contributed by atoms with Gasteiger partial charge in [0.05, 0.1) is 0 Å². The fraction of sp³-hybridized carbons (Fsp3) is 0.571. The van der Waals surface area contributed by atoms with Crippen LogP contribution < -0.4 is 0 Å². The summed E-state index contributed by atoms with van der Waals surface area (Å²) in [5, 5.41) is 0. The third-order valence-corrected chi connectivity index (χ3v) is 4.60. The van der Waals surface area contributed by atoms with Crippen LogP contribution >= 0.6 is 11.9 Å². The maximum Gasteiger partial charge on any atom is 0.0332 e. The number of benzene rings is 1. The lowest BCUT2D eigenvalue weighted by Crippen LogP contribution is -2.28. The summed E-state index contributed by atoms with van der Waals surface area (Å²) >= 11 is 2.00. The molecular weight excluding hydrogens is 214 g/mol. The van der Waals surface area contributed by atoms with Gasteiger partial charge < -0.3 is 0 Å². The molecule has 1 fully saturated rings. The molecular formula is C14H21NS. The standard InChI is InChI=1S/C14H21NS/c1-2-13-8-10-15(11-9-13)16-12-14-6-4-3-5-7-14/h3-7,13H,2,8-12H2,1H3. The average molecular weight is 235 g/mol. The summed E-state index contributed by atoms with van der Waals surface area (Å²) in [7, 11) is 0. The maximum absolute atomic E-state index is 2.54. The van der Waals surface area contributed by atoms with Gasteiger partial charge in [-0.1, -0.05) is 55.6 Å². The van der Waals surface area contributed by atoms with Crippen LogP contribution in [0.3, 0.4) is 0 Å². The van der Waals surface area contributed by atoms with Gasteiger partial charge in [-0.05, 0) is 24.3 Å². The number of piperidine rings is 1. The van der Waals surface area contributed by atoms with E-state index in [0.29, 0.717) is 0 Å². The van der Waals surface area contributed by atoms with Gasteiger partial charge in [-0.15, -0.1) is 0 Å².